The normalized spacial score (nSPS) is 13.8. The van der Waals surface area contributed by atoms with Crippen LogP contribution in [0.15, 0.2) is 4.42 Å². The standard InChI is InChI=1S/C10H16F3N3O2/c1-3-4-14-7(2)9-16-15-8(18-9)5-17-6-10(11,12)13/h7,14H,3-6H2,1-2H3. The smallest absolute Gasteiger partial charge is 0.411 e. The van der Waals surface area contributed by atoms with Crippen LogP contribution >= 0.6 is 0 Å². The van der Waals surface area contributed by atoms with Crippen LogP contribution < -0.4 is 5.32 Å². The minimum Gasteiger partial charge on any atom is -0.421 e. The monoisotopic (exact) mass is 267 g/mol. The van der Waals surface area contributed by atoms with Crippen LogP contribution in [0, 0.1) is 0 Å². The molecule has 104 valence electrons. The van der Waals surface area contributed by atoms with Crippen LogP contribution in [0.3, 0.4) is 0 Å². The van der Waals surface area contributed by atoms with Crippen molar-refractivity contribution in [2.45, 2.75) is 39.1 Å². The van der Waals surface area contributed by atoms with Crippen LogP contribution in [0.25, 0.3) is 0 Å². The van der Waals surface area contributed by atoms with E-state index >= 15 is 0 Å². The molecule has 5 nitrogen and oxygen atoms in total. The van der Waals surface area contributed by atoms with E-state index in [1.807, 2.05) is 13.8 Å². The van der Waals surface area contributed by atoms with Crippen molar-refractivity contribution in [3.8, 4) is 0 Å². The van der Waals surface area contributed by atoms with Gasteiger partial charge in [0.15, 0.2) is 0 Å². The molecule has 0 amide bonds. The topological polar surface area (TPSA) is 60.2 Å². The van der Waals surface area contributed by atoms with Crippen molar-refractivity contribution >= 4 is 0 Å². The first-order chi connectivity index (χ1) is 8.42. The Kier molecular flexibility index (Phi) is 5.54. The molecule has 0 saturated carbocycles. The molecule has 1 unspecified atom stereocenters. The van der Waals surface area contributed by atoms with Gasteiger partial charge in [-0.3, -0.25) is 0 Å². The number of ether oxygens (including phenoxy) is 1. The average Bonchev–Trinajstić information content (AvgIpc) is 2.73. The molecule has 1 heterocycles. The minimum atomic E-state index is -4.35. The van der Waals surface area contributed by atoms with E-state index in [-0.39, 0.29) is 18.5 Å². The second-order valence-electron chi connectivity index (χ2n) is 3.82. The molecule has 18 heavy (non-hydrogen) atoms. The third kappa shape index (κ3) is 5.46. The molecule has 1 rings (SSSR count). The lowest BCUT2D eigenvalue weighted by atomic mass is 10.3. The van der Waals surface area contributed by atoms with Crippen molar-refractivity contribution in [2.24, 2.45) is 0 Å². The van der Waals surface area contributed by atoms with Gasteiger partial charge in [-0.25, -0.2) is 0 Å². The second-order valence-corrected chi connectivity index (χ2v) is 3.82. The van der Waals surface area contributed by atoms with Crippen molar-refractivity contribution in [2.75, 3.05) is 13.2 Å². The maximum absolute atomic E-state index is 11.8. The fraction of sp³-hybridized carbons (Fsp3) is 0.800. The molecule has 0 aliphatic carbocycles. The number of hydrogen-bond donors (Lipinski definition) is 1. The van der Waals surface area contributed by atoms with Gasteiger partial charge in [-0.2, -0.15) is 13.2 Å². The Labute approximate surface area is 103 Å². The number of rotatable bonds is 7. The lowest BCUT2D eigenvalue weighted by Gasteiger charge is -2.07. The Balaban J connectivity index is 2.38. The molecule has 1 aromatic heterocycles. The first-order valence-electron chi connectivity index (χ1n) is 5.62. The van der Waals surface area contributed by atoms with Crippen LogP contribution in [0.2, 0.25) is 0 Å². The molecule has 8 heteroatoms. The van der Waals surface area contributed by atoms with E-state index in [9.17, 15) is 13.2 Å². The van der Waals surface area contributed by atoms with Gasteiger partial charge in [0.2, 0.25) is 11.8 Å². The van der Waals surface area contributed by atoms with E-state index in [4.69, 9.17) is 4.42 Å². The van der Waals surface area contributed by atoms with E-state index < -0.39 is 12.8 Å². The van der Waals surface area contributed by atoms with E-state index in [0.717, 1.165) is 13.0 Å². The molecule has 1 N–H and O–H groups in total. The van der Waals surface area contributed by atoms with Gasteiger partial charge in [0.25, 0.3) is 0 Å². The molecule has 0 aliphatic rings. The molecule has 0 radical (unpaired) electrons. The van der Waals surface area contributed by atoms with Gasteiger partial charge in [0.05, 0.1) is 6.04 Å². The van der Waals surface area contributed by atoms with Crippen LogP contribution in [-0.2, 0) is 11.3 Å². The van der Waals surface area contributed by atoms with Gasteiger partial charge >= 0.3 is 6.18 Å². The maximum Gasteiger partial charge on any atom is 0.411 e. The quantitative estimate of drug-likeness (QED) is 0.820. The summed E-state index contributed by atoms with van der Waals surface area (Å²) in [5, 5.41) is 10.5. The van der Waals surface area contributed by atoms with Crippen LogP contribution in [0.5, 0.6) is 0 Å². The van der Waals surface area contributed by atoms with Crippen molar-refractivity contribution < 1.29 is 22.3 Å². The highest BCUT2D eigenvalue weighted by molar-refractivity contribution is 4.87. The Bertz CT molecular complexity index is 354. The highest BCUT2D eigenvalue weighted by Crippen LogP contribution is 2.16. The van der Waals surface area contributed by atoms with Crippen LogP contribution in [0.4, 0.5) is 13.2 Å². The average molecular weight is 267 g/mol. The predicted molar refractivity (Wildman–Crippen MR) is 56.7 cm³/mol. The lowest BCUT2D eigenvalue weighted by molar-refractivity contribution is -0.177. The summed E-state index contributed by atoms with van der Waals surface area (Å²) in [7, 11) is 0. The zero-order valence-electron chi connectivity index (χ0n) is 10.3. The summed E-state index contributed by atoms with van der Waals surface area (Å²) in [5.74, 6) is 0.383. The summed E-state index contributed by atoms with van der Waals surface area (Å²) in [6.45, 7) is 2.98. The van der Waals surface area contributed by atoms with Gasteiger partial charge < -0.3 is 14.5 Å². The minimum absolute atomic E-state index is 0.0411. The Hall–Kier alpha value is -1.15. The zero-order valence-corrected chi connectivity index (χ0v) is 10.3. The summed E-state index contributed by atoms with van der Waals surface area (Å²) in [4.78, 5) is 0. The number of nitrogens with zero attached hydrogens (tertiary/aromatic N) is 2. The maximum atomic E-state index is 11.8. The number of alkyl halides is 3. The van der Waals surface area contributed by atoms with Crippen molar-refractivity contribution in [3.05, 3.63) is 11.8 Å². The number of halogens is 3. The first kappa shape index (κ1) is 14.9. The molecule has 0 aliphatic heterocycles. The van der Waals surface area contributed by atoms with Gasteiger partial charge in [-0.15, -0.1) is 10.2 Å². The molecule has 1 aromatic rings. The summed E-state index contributed by atoms with van der Waals surface area (Å²) in [6, 6.07) is -0.131. The zero-order chi connectivity index (χ0) is 13.6. The van der Waals surface area contributed by atoms with E-state index in [0.29, 0.717) is 5.89 Å². The van der Waals surface area contributed by atoms with Crippen molar-refractivity contribution in [1.82, 2.24) is 15.5 Å². The molecule has 0 spiro atoms. The van der Waals surface area contributed by atoms with E-state index in [2.05, 4.69) is 20.3 Å². The fourth-order valence-electron chi connectivity index (χ4n) is 1.20. The van der Waals surface area contributed by atoms with Gasteiger partial charge in [0.1, 0.15) is 13.2 Å². The van der Waals surface area contributed by atoms with Crippen molar-refractivity contribution in [3.63, 3.8) is 0 Å². The fourth-order valence-corrected chi connectivity index (χ4v) is 1.20. The van der Waals surface area contributed by atoms with Crippen LogP contribution in [0.1, 0.15) is 38.1 Å². The number of hydrogen-bond acceptors (Lipinski definition) is 5. The molecule has 0 aromatic carbocycles. The lowest BCUT2D eigenvalue weighted by Crippen LogP contribution is -2.19. The highest BCUT2D eigenvalue weighted by Gasteiger charge is 2.27. The molecule has 1 atom stereocenters. The third-order valence-electron chi connectivity index (χ3n) is 2.04. The third-order valence-corrected chi connectivity index (χ3v) is 2.04. The molecular weight excluding hydrogens is 251 g/mol. The van der Waals surface area contributed by atoms with Crippen LogP contribution in [-0.4, -0.2) is 29.5 Å². The highest BCUT2D eigenvalue weighted by atomic mass is 19.4. The number of aromatic nitrogens is 2. The molecular formula is C10H16F3N3O2. The number of nitrogens with one attached hydrogen (secondary N) is 1. The summed E-state index contributed by atoms with van der Waals surface area (Å²) in [5.41, 5.74) is 0. The molecule has 0 bridgehead atoms. The Morgan fingerprint density at radius 2 is 2.11 bits per heavy atom. The van der Waals surface area contributed by atoms with Crippen molar-refractivity contribution in [1.29, 1.82) is 0 Å². The summed E-state index contributed by atoms with van der Waals surface area (Å²) in [6.07, 6.45) is -3.39. The first-order valence-corrected chi connectivity index (χ1v) is 5.62. The summed E-state index contributed by atoms with van der Waals surface area (Å²) >= 11 is 0. The SMILES string of the molecule is CCCNC(C)c1nnc(COCC(F)(F)F)o1. The predicted octanol–water partition coefficient (Wildman–Crippen LogP) is 2.21. The molecule has 0 saturated heterocycles. The van der Waals surface area contributed by atoms with Gasteiger partial charge in [-0.05, 0) is 19.9 Å². The molecule has 0 fully saturated rings. The Morgan fingerprint density at radius 1 is 1.39 bits per heavy atom. The van der Waals surface area contributed by atoms with E-state index in [1.54, 1.807) is 0 Å². The largest absolute Gasteiger partial charge is 0.421 e. The van der Waals surface area contributed by atoms with Gasteiger partial charge in [0, 0.05) is 0 Å². The second kappa shape index (κ2) is 6.69. The summed E-state index contributed by atoms with van der Waals surface area (Å²) < 4.78 is 45.1. The Morgan fingerprint density at radius 3 is 2.72 bits per heavy atom. The van der Waals surface area contributed by atoms with E-state index in [1.165, 1.54) is 0 Å². The van der Waals surface area contributed by atoms with Gasteiger partial charge in [-0.1, -0.05) is 6.92 Å².